The molecule has 62 heavy (non-hydrogen) atoms. The quantitative estimate of drug-likeness (QED) is 0.0346. The zero-order valence-electron chi connectivity index (χ0n) is 40.9. The summed E-state index contributed by atoms with van der Waals surface area (Å²) in [7, 11) is 0. The normalized spacial score (nSPS) is 12.9. The van der Waals surface area contributed by atoms with Gasteiger partial charge < -0.3 is 14.2 Å². The summed E-state index contributed by atoms with van der Waals surface area (Å²) >= 11 is 0. The van der Waals surface area contributed by atoms with Gasteiger partial charge in [0.1, 0.15) is 6.61 Å². The number of esters is 2. The molecule has 0 aromatic carbocycles. The van der Waals surface area contributed by atoms with Crippen molar-refractivity contribution in [3.05, 3.63) is 85.1 Å². The molecule has 0 aromatic heterocycles. The summed E-state index contributed by atoms with van der Waals surface area (Å²) in [6.07, 6.45) is 68.8. The number of rotatable bonds is 47. The van der Waals surface area contributed by atoms with Crippen LogP contribution in [0.3, 0.4) is 0 Å². The van der Waals surface area contributed by atoms with Crippen LogP contribution in [0.25, 0.3) is 0 Å². The first-order valence-electron chi connectivity index (χ1n) is 26.1. The Morgan fingerprint density at radius 3 is 1.24 bits per heavy atom. The van der Waals surface area contributed by atoms with Crippen molar-refractivity contribution >= 4 is 11.9 Å². The zero-order valence-corrected chi connectivity index (χ0v) is 40.9. The molecule has 0 aliphatic carbocycles. The van der Waals surface area contributed by atoms with Crippen LogP contribution in [-0.4, -0.2) is 37.9 Å². The number of carbonyl (C=O) groups excluding carboxylic acids is 2. The first-order chi connectivity index (χ1) is 30.6. The van der Waals surface area contributed by atoms with Crippen molar-refractivity contribution < 1.29 is 23.8 Å². The lowest BCUT2D eigenvalue weighted by Crippen LogP contribution is -2.30. The van der Waals surface area contributed by atoms with E-state index in [1.807, 2.05) is 0 Å². The summed E-state index contributed by atoms with van der Waals surface area (Å²) in [5.41, 5.74) is 0. The predicted octanol–water partition coefficient (Wildman–Crippen LogP) is 17.7. The van der Waals surface area contributed by atoms with E-state index in [4.69, 9.17) is 14.2 Å². The van der Waals surface area contributed by atoms with Crippen molar-refractivity contribution in [2.75, 3.05) is 19.8 Å². The Morgan fingerprint density at radius 2 is 0.742 bits per heavy atom. The van der Waals surface area contributed by atoms with Crippen molar-refractivity contribution in [1.82, 2.24) is 0 Å². The Morgan fingerprint density at radius 1 is 0.371 bits per heavy atom. The number of unbranched alkanes of at least 4 members (excludes halogenated alkanes) is 22. The summed E-state index contributed by atoms with van der Waals surface area (Å²) in [6.45, 7) is 7.63. The Balaban J connectivity index is 4.30. The van der Waals surface area contributed by atoms with Gasteiger partial charge in [0, 0.05) is 19.4 Å². The minimum Gasteiger partial charge on any atom is -0.462 e. The van der Waals surface area contributed by atoms with Crippen LogP contribution in [0.5, 0.6) is 0 Å². The number of ether oxygens (including phenoxy) is 3. The zero-order chi connectivity index (χ0) is 44.9. The maximum Gasteiger partial charge on any atom is 0.306 e. The van der Waals surface area contributed by atoms with Crippen LogP contribution < -0.4 is 0 Å². The largest absolute Gasteiger partial charge is 0.462 e. The molecule has 0 aromatic rings. The Hall–Kier alpha value is -2.92. The predicted molar refractivity (Wildman–Crippen MR) is 270 cm³/mol. The summed E-state index contributed by atoms with van der Waals surface area (Å²) in [5.74, 6) is -0.467. The molecule has 5 heteroatoms. The lowest BCUT2D eigenvalue weighted by molar-refractivity contribution is -0.162. The minimum absolute atomic E-state index is 0.0589. The van der Waals surface area contributed by atoms with E-state index in [1.165, 1.54) is 122 Å². The van der Waals surface area contributed by atoms with Gasteiger partial charge in [0.15, 0.2) is 6.10 Å². The molecule has 0 rings (SSSR count). The van der Waals surface area contributed by atoms with Crippen LogP contribution in [-0.2, 0) is 23.8 Å². The molecule has 0 spiro atoms. The molecule has 0 fully saturated rings. The lowest BCUT2D eigenvalue weighted by Gasteiger charge is -2.18. The van der Waals surface area contributed by atoms with Gasteiger partial charge in [-0.3, -0.25) is 9.59 Å². The second kappa shape index (κ2) is 52.4. The fourth-order valence-electron chi connectivity index (χ4n) is 7.05. The maximum absolute atomic E-state index is 12.8. The molecule has 0 saturated heterocycles. The standard InChI is InChI=1S/C57H98O5/c1-4-7-10-13-16-19-22-24-26-28-29-31-32-34-36-38-41-44-47-50-56(58)61-54-55(53-60-52-49-46-43-40-21-18-15-12-9-6-3)62-57(59)51-48-45-42-39-37-35-33-30-27-25-23-20-17-14-11-8-5-2/h8,11,16-17,19-20,24-27,33,35,39,42,55H,4-7,9-10,12-15,18,21-23,28-32,34,36-38,40-41,43-54H2,1-3H3/b11-8-,19-16-,20-17-,26-24-,27-25-,35-33-,42-39-. The summed E-state index contributed by atoms with van der Waals surface area (Å²) in [5, 5.41) is 0. The average Bonchev–Trinajstić information content (AvgIpc) is 3.27. The molecule has 0 heterocycles. The van der Waals surface area contributed by atoms with Gasteiger partial charge in [-0.15, -0.1) is 0 Å². The number of hydrogen-bond acceptors (Lipinski definition) is 5. The Labute approximate surface area is 384 Å². The molecule has 1 unspecified atom stereocenters. The third kappa shape index (κ3) is 49.7. The van der Waals surface area contributed by atoms with Gasteiger partial charge in [-0.05, 0) is 89.9 Å². The van der Waals surface area contributed by atoms with Gasteiger partial charge in [-0.2, -0.15) is 0 Å². The van der Waals surface area contributed by atoms with E-state index in [-0.39, 0.29) is 25.2 Å². The number of allylic oxidation sites excluding steroid dienone is 14. The number of carbonyl (C=O) groups is 2. The van der Waals surface area contributed by atoms with Crippen LogP contribution in [0.2, 0.25) is 0 Å². The van der Waals surface area contributed by atoms with E-state index in [1.54, 1.807) is 0 Å². The first-order valence-corrected chi connectivity index (χ1v) is 26.1. The third-order valence-electron chi connectivity index (χ3n) is 10.9. The van der Waals surface area contributed by atoms with E-state index in [2.05, 4.69) is 106 Å². The van der Waals surface area contributed by atoms with E-state index in [9.17, 15) is 9.59 Å². The van der Waals surface area contributed by atoms with E-state index < -0.39 is 6.10 Å². The molecule has 356 valence electrons. The molecule has 0 amide bonds. The van der Waals surface area contributed by atoms with Crippen LogP contribution in [0, 0.1) is 0 Å². The smallest absolute Gasteiger partial charge is 0.306 e. The minimum atomic E-state index is -0.568. The summed E-state index contributed by atoms with van der Waals surface area (Å²) in [4.78, 5) is 25.4. The average molecular weight is 863 g/mol. The highest BCUT2D eigenvalue weighted by Crippen LogP contribution is 2.14. The summed E-state index contributed by atoms with van der Waals surface area (Å²) in [6, 6.07) is 0. The third-order valence-corrected chi connectivity index (χ3v) is 10.9. The highest BCUT2D eigenvalue weighted by Gasteiger charge is 2.17. The van der Waals surface area contributed by atoms with Gasteiger partial charge >= 0.3 is 11.9 Å². The van der Waals surface area contributed by atoms with Gasteiger partial charge in [0.25, 0.3) is 0 Å². The fraction of sp³-hybridized carbons (Fsp3) is 0.719. The van der Waals surface area contributed by atoms with Crippen molar-refractivity contribution in [2.24, 2.45) is 0 Å². The van der Waals surface area contributed by atoms with Crippen molar-refractivity contribution in [2.45, 2.75) is 245 Å². The van der Waals surface area contributed by atoms with E-state index in [0.717, 1.165) is 83.5 Å². The highest BCUT2D eigenvalue weighted by atomic mass is 16.6. The van der Waals surface area contributed by atoms with Gasteiger partial charge in [-0.25, -0.2) is 0 Å². The molecule has 0 radical (unpaired) electrons. The second-order valence-electron chi connectivity index (χ2n) is 17.0. The number of hydrogen-bond donors (Lipinski definition) is 0. The fourth-order valence-corrected chi connectivity index (χ4v) is 7.05. The van der Waals surface area contributed by atoms with Crippen LogP contribution in [0.1, 0.15) is 239 Å². The molecule has 0 bridgehead atoms. The molecule has 0 aliphatic rings. The molecular formula is C57H98O5. The molecular weight excluding hydrogens is 765 g/mol. The highest BCUT2D eigenvalue weighted by molar-refractivity contribution is 5.70. The van der Waals surface area contributed by atoms with Crippen LogP contribution >= 0.6 is 0 Å². The second-order valence-corrected chi connectivity index (χ2v) is 17.0. The molecule has 1 atom stereocenters. The van der Waals surface area contributed by atoms with Gasteiger partial charge in [0.05, 0.1) is 6.61 Å². The topological polar surface area (TPSA) is 61.8 Å². The van der Waals surface area contributed by atoms with Gasteiger partial charge in [-0.1, -0.05) is 221 Å². The lowest BCUT2D eigenvalue weighted by atomic mass is 10.1. The van der Waals surface area contributed by atoms with E-state index >= 15 is 0 Å². The first kappa shape index (κ1) is 59.1. The SMILES string of the molecule is CC/C=C\C/C=C\C/C=C\C/C=C\C/C=C\CCCC(=O)OC(COCCCCCCCCCCCC)COC(=O)CCCCCCCCCCC/C=C\C/C=C\CCCCC. The van der Waals surface area contributed by atoms with Crippen LogP contribution in [0.15, 0.2) is 85.1 Å². The maximum atomic E-state index is 12.8. The van der Waals surface area contributed by atoms with E-state index in [0.29, 0.717) is 19.4 Å². The van der Waals surface area contributed by atoms with Crippen molar-refractivity contribution in [3.8, 4) is 0 Å². The van der Waals surface area contributed by atoms with Crippen molar-refractivity contribution in [3.63, 3.8) is 0 Å². The molecule has 5 nitrogen and oxygen atoms in total. The Bertz CT molecular complexity index is 1160. The summed E-state index contributed by atoms with van der Waals surface area (Å²) < 4.78 is 17.3. The molecule has 0 N–H and O–H groups in total. The van der Waals surface area contributed by atoms with Crippen molar-refractivity contribution in [1.29, 1.82) is 0 Å². The van der Waals surface area contributed by atoms with Gasteiger partial charge in [0.2, 0.25) is 0 Å². The Kier molecular flexibility index (Phi) is 50.0. The monoisotopic (exact) mass is 863 g/mol. The molecule has 0 saturated carbocycles. The molecule has 0 aliphatic heterocycles. The van der Waals surface area contributed by atoms with Crippen LogP contribution in [0.4, 0.5) is 0 Å².